The first-order valence-corrected chi connectivity index (χ1v) is 9.14. The quantitative estimate of drug-likeness (QED) is 0.396. The molecule has 1 aromatic rings. The molecule has 1 saturated heterocycles. The van der Waals surface area contributed by atoms with Gasteiger partial charge in [-0.2, -0.15) is 48.3 Å². The lowest BCUT2D eigenvalue weighted by molar-refractivity contribution is -0.307. The largest absolute Gasteiger partial charge is 0.442 e. The Labute approximate surface area is 187 Å². The molecule has 0 bridgehead atoms. The van der Waals surface area contributed by atoms with Crippen LogP contribution in [0.5, 0.6) is 0 Å². The van der Waals surface area contributed by atoms with Crippen LogP contribution in [0, 0.1) is 0 Å². The minimum Gasteiger partial charge on any atom is -0.442 e. The maximum Gasteiger partial charge on any atom is 0.434 e. The Morgan fingerprint density at radius 3 is 1.46 bits per heavy atom. The predicted octanol–water partition coefficient (Wildman–Crippen LogP) is 4.48. The molecule has 0 radical (unpaired) electrons. The molecule has 0 spiro atoms. The van der Waals surface area contributed by atoms with Crippen molar-refractivity contribution in [2.24, 2.45) is 0 Å². The summed E-state index contributed by atoms with van der Waals surface area (Å²) in [4.78, 5) is 23.6. The highest BCUT2D eigenvalue weighted by Crippen LogP contribution is 2.39. The molecule has 2 atom stereocenters. The summed E-state index contributed by atoms with van der Waals surface area (Å²) in [6.45, 7) is -1.56. The summed E-state index contributed by atoms with van der Waals surface area (Å²) in [6, 6.07) is 1.73. The van der Waals surface area contributed by atoms with Crippen LogP contribution in [0.4, 0.5) is 48.3 Å². The van der Waals surface area contributed by atoms with E-state index in [9.17, 15) is 57.9 Å². The number of hydrogen-bond donors (Lipinski definition) is 0. The maximum absolute atomic E-state index is 14.4. The number of rotatable bonds is 6. The molecule has 0 aliphatic carbocycles. The molecule has 0 aromatic heterocycles. The number of carbonyl (C=O) groups excluding carboxylic acids is 2. The van der Waals surface area contributed by atoms with Crippen molar-refractivity contribution in [1.82, 2.24) is 0 Å². The van der Waals surface area contributed by atoms with Crippen LogP contribution in [0.15, 0.2) is 24.3 Å². The second-order valence-corrected chi connectivity index (χ2v) is 6.88. The normalized spacial score (nSPS) is 18.8. The Hall–Kier alpha value is -2.69. The van der Waals surface area contributed by atoms with E-state index in [0.717, 1.165) is 0 Å². The summed E-state index contributed by atoms with van der Waals surface area (Å²) < 4.78 is 160. The molecule has 0 amide bonds. The molecule has 1 aromatic carbocycles. The van der Waals surface area contributed by atoms with Gasteiger partial charge in [-0.1, -0.05) is 0 Å². The van der Waals surface area contributed by atoms with Gasteiger partial charge in [-0.05, 0) is 24.3 Å². The summed E-state index contributed by atoms with van der Waals surface area (Å²) in [5, 5.41) is 0. The molecule has 0 saturated carbocycles. The average Bonchev–Trinajstić information content (AvgIpc) is 2.73. The zero-order chi connectivity index (χ0) is 26.8. The Morgan fingerprint density at radius 2 is 1.11 bits per heavy atom. The van der Waals surface area contributed by atoms with Crippen molar-refractivity contribution in [3.05, 3.63) is 35.4 Å². The van der Waals surface area contributed by atoms with Crippen LogP contribution < -0.4 is 0 Å². The van der Waals surface area contributed by atoms with Gasteiger partial charge in [0, 0.05) is 0 Å². The van der Waals surface area contributed by atoms with Crippen LogP contribution in [-0.2, 0) is 18.9 Å². The minimum atomic E-state index is -6.01. The number of alkyl halides is 11. The van der Waals surface area contributed by atoms with Crippen molar-refractivity contribution in [3.63, 3.8) is 0 Å². The molecule has 2 unspecified atom stereocenters. The van der Waals surface area contributed by atoms with Crippen molar-refractivity contribution in [3.8, 4) is 0 Å². The lowest BCUT2D eigenvalue weighted by Gasteiger charge is -2.35. The Kier molecular flexibility index (Phi) is 8.26. The van der Waals surface area contributed by atoms with Crippen molar-refractivity contribution in [2.45, 2.75) is 42.8 Å². The zero-order valence-corrected chi connectivity index (χ0v) is 16.8. The van der Waals surface area contributed by atoms with E-state index >= 15 is 0 Å². The minimum absolute atomic E-state index is 0.162. The molecule has 6 nitrogen and oxygen atoms in total. The van der Waals surface area contributed by atoms with Gasteiger partial charge in [-0.25, -0.2) is 9.59 Å². The van der Waals surface area contributed by atoms with Crippen LogP contribution in [0.1, 0.15) is 20.7 Å². The van der Waals surface area contributed by atoms with E-state index < -0.39 is 79.0 Å². The van der Waals surface area contributed by atoms with Crippen LogP contribution >= 0.6 is 0 Å². The van der Waals surface area contributed by atoms with Crippen LogP contribution in [0.25, 0.3) is 0 Å². The fourth-order valence-corrected chi connectivity index (χ4v) is 2.65. The first-order chi connectivity index (χ1) is 15.8. The standard InChI is InChI=1S/C18H13F11O6/c19-15(20,10-7-32-5-6-33-10)13(16(21,22)23)34-11(30)8-1-3-9(4-2-8)12(31)35-14(17(24,25)26)18(27,28)29/h1-4,10,13-14H,5-7H2. The molecule has 1 aliphatic rings. The van der Waals surface area contributed by atoms with Gasteiger partial charge in [0.15, 0.2) is 0 Å². The Bertz CT molecular complexity index is 872. The van der Waals surface area contributed by atoms with Gasteiger partial charge < -0.3 is 18.9 Å². The van der Waals surface area contributed by atoms with Crippen LogP contribution in [0.2, 0.25) is 0 Å². The molecular weight excluding hydrogens is 521 g/mol. The van der Waals surface area contributed by atoms with E-state index in [1.54, 1.807) is 0 Å². The second kappa shape index (κ2) is 10.1. The van der Waals surface area contributed by atoms with Crippen molar-refractivity contribution in [1.29, 1.82) is 0 Å². The molecule has 0 N–H and O–H groups in total. The highest BCUT2D eigenvalue weighted by Gasteiger charge is 2.63. The number of carbonyl (C=O) groups is 2. The number of hydrogen-bond acceptors (Lipinski definition) is 6. The molecule has 1 aliphatic heterocycles. The lowest BCUT2D eigenvalue weighted by atomic mass is 10.1. The van der Waals surface area contributed by atoms with E-state index in [0.29, 0.717) is 24.3 Å². The summed E-state index contributed by atoms with van der Waals surface area (Å²) in [5.74, 6) is -8.94. The molecule has 35 heavy (non-hydrogen) atoms. The van der Waals surface area contributed by atoms with Gasteiger partial charge in [0.2, 0.25) is 0 Å². The third-order valence-corrected chi connectivity index (χ3v) is 4.29. The van der Waals surface area contributed by atoms with Gasteiger partial charge in [0.25, 0.3) is 12.2 Å². The summed E-state index contributed by atoms with van der Waals surface area (Å²) in [5.41, 5.74) is -1.86. The highest BCUT2D eigenvalue weighted by molar-refractivity contribution is 5.93. The topological polar surface area (TPSA) is 71.1 Å². The highest BCUT2D eigenvalue weighted by atomic mass is 19.4. The van der Waals surface area contributed by atoms with Crippen molar-refractivity contribution >= 4 is 11.9 Å². The third kappa shape index (κ3) is 7.16. The third-order valence-electron chi connectivity index (χ3n) is 4.29. The summed E-state index contributed by atoms with van der Waals surface area (Å²) >= 11 is 0. The number of benzene rings is 1. The van der Waals surface area contributed by atoms with Crippen LogP contribution in [0.3, 0.4) is 0 Å². The number of ether oxygens (including phenoxy) is 4. The average molecular weight is 534 g/mol. The number of halogens is 11. The monoisotopic (exact) mass is 534 g/mol. The van der Waals surface area contributed by atoms with Gasteiger partial charge in [0.05, 0.1) is 30.9 Å². The zero-order valence-electron chi connectivity index (χ0n) is 16.8. The second-order valence-electron chi connectivity index (χ2n) is 6.88. The van der Waals surface area contributed by atoms with Gasteiger partial charge in [-0.15, -0.1) is 0 Å². The lowest BCUT2D eigenvalue weighted by Crippen LogP contribution is -2.57. The van der Waals surface area contributed by atoms with E-state index in [4.69, 9.17) is 0 Å². The predicted molar refractivity (Wildman–Crippen MR) is 88.5 cm³/mol. The SMILES string of the molecule is O=C(OC(C(F)(F)F)C(F)(F)F)c1ccc(C(=O)OC(C(F)(F)F)C(F)(F)C2COCCO2)cc1. The fourth-order valence-electron chi connectivity index (χ4n) is 2.65. The fraction of sp³-hybridized carbons (Fsp3) is 0.556. The van der Waals surface area contributed by atoms with E-state index in [1.165, 1.54) is 0 Å². The molecule has 2 rings (SSSR count). The molecule has 198 valence electrons. The van der Waals surface area contributed by atoms with E-state index in [2.05, 4.69) is 18.9 Å². The maximum atomic E-state index is 14.4. The smallest absolute Gasteiger partial charge is 0.434 e. The van der Waals surface area contributed by atoms with Crippen LogP contribution in [-0.4, -0.2) is 74.5 Å². The van der Waals surface area contributed by atoms with Crippen molar-refractivity contribution < 1.29 is 76.8 Å². The van der Waals surface area contributed by atoms with Gasteiger partial charge in [0.1, 0.15) is 6.10 Å². The molecule has 17 heteroatoms. The first kappa shape index (κ1) is 28.5. The molecule has 1 fully saturated rings. The Balaban J connectivity index is 2.18. The van der Waals surface area contributed by atoms with Crippen molar-refractivity contribution in [2.75, 3.05) is 19.8 Å². The van der Waals surface area contributed by atoms with Gasteiger partial charge in [-0.3, -0.25) is 0 Å². The summed E-state index contributed by atoms with van der Waals surface area (Å²) in [7, 11) is 0. The molecule has 1 heterocycles. The van der Waals surface area contributed by atoms with E-state index in [-0.39, 0.29) is 6.61 Å². The summed E-state index contributed by atoms with van der Waals surface area (Å²) in [6.07, 6.45) is -28.7. The van der Waals surface area contributed by atoms with Gasteiger partial charge >= 0.3 is 36.4 Å². The Morgan fingerprint density at radius 1 is 0.714 bits per heavy atom. The molecular formula is C18H13F11O6. The first-order valence-electron chi connectivity index (χ1n) is 9.14. The number of esters is 2. The van der Waals surface area contributed by atoms with E-state index in [1.807, 2.05) is 0 Å².